The Hall–Kier alpha value is -1.06. The van der Waals surface area contributed by atoms with E-state index >= 15 is 0 Å². The average molecular weight is 271 g/mol. The molecule has 0 aromatic carbocycles. The second kappa shape index (κ2) is 4.85. The highest BCUT2D eigenvalue weighted by Crippen LogP contribution is 2.21. The molecule has 0 unspecified atom stereocenters. The number of hydrogen-bond donors (Lipinski definition) is 2. The molecule has 0 atom stereocenters. The van der Waals surface area contributed by atoms with Crippen LogP contribution in [0.25, 0.3) is 0 Å². The molecule has 1 aromatic rings. The van der Waals surface area contributed by atoms with Gasteiger partial charge in [0.25, 0.3) is 6.43 Å². The third-order valence-electron chi connectivity index (χ3n) is 1.48. The highest BCUT2D eigenvalue weighted by atomic mass is 32.2. The Morgan fingerprint density at radius 3 is 2.56 bits per heavy atom. The summed E-state index contributed by atoms with van der Waals surface area (Å²) in [6, 6.07) is 2.16. The Labute approximate surface area is 93.8 Å². The van der Waals surface area contributed by atoms with Crippen LogP contribution in [-0.4, -0.2) is 32.5 Å². The molecular weight excluding hydrogens is 264 g/mol. The number of carboxylic acid groups (broad SMARTS) is 1. The summed E-state index contributed by atoms with van der Waals surface area (Å²) in [6.07, 6.45) is -2.80. The zero-order valence-electron chi connectivity index (χ0n) is 7.68. The van der Waals surface area contributed by atoms with Crippen molar-refractivity contribution in [1.29, 1.82) is 0 Å². The molecule has 0 saturated heterocycles. The Morgan fingerprint density at radius 2 is 2.12 bits per heavy atom. The summed E-state index contributed by atoms with van der Waals surface area (Å²) in [5, 5.41) is 8.56. The van der Waals surface area contributed by atoms with E-state index in [4.69, 9.17) is 5.11 Å². The van der Waals surface area contributed by atoms with E-state index in [2.05, 4.69) is 0 Å². The van der Waals surface area contributed by atoms with Crippen molar-refractivity contribution in [3.05, 3.63) is 17.0 Å². The van der Waals surface area contributed by atoms with Crippen molar-refractivity contribution in [3.63, 3.8) is 0 Å². The lowest BCUT2D eigenvalue weighted by atomic mass is 10.5. The standard InChI is InChI=1S/C7H7F2NO4S2/c8-5(9)3-10-16(13,14)6-2-1-4(15-6)7(11)12/h1-2,5,10H,3H2,(H,11,12). The Bertz CT molecular complexity index is 482. The molecule has 9 heteroatoms. The van der Waals surface area contributed by atoms with Crippen LogP contribution in [0.1, 0.15) is 9.67 Å². The number of aromatic carboxylic acids is 1. The molecule has 0 aliphatic carbocycles. The fourth-order valence-electron chi connectivity index (χ4n) is 0.823. The summed E-state index contributed by atoms with van der Waals surface area (Å²) in [5.41, 5.74) is 0. The number of alkyl halides is 2. The van der Waals surface area contributed by atoms with E-state index in [1.807, 2.05) is 0 Å². The lowest BCUT2D eigenvalue weighted by Crippen LogP contribution is -2.27. The molecule has 1 aromatic heterocycles. The largest absolute Gasteiger partial charge is 0.477 e. The Morgan fingerprint density at radius 1 is 1.50 bits per heavy atom. The first-order valence-corrected chi connectivity index (χ1v) is 6.24. The van der Waals surface area contributed by atoms with Crippen molar-refractivity contribution < 1.29 is 27.1 Å². The second-order valence-corrected chi connectivity index (χ2v) is 5.74. The minimum absolute atomic E-state index is 0.169. The molecule has 2 N–H and O–H groups in total. The Kier molecular flexibility index (Phi) is 3.94. The predicted octanol–water partition coefficient (Wildman–Crippen LogP) is 0.990. The zero-order valence-corrected chi connectivity index (χ0v) is 9.32. The van der Waals surface area contributed by atoms with E-state index in [1.165, 1.54) is 0 Å². The van der Waals surface area contributed by atoms with E-state index in [-0.39, 0.29) is 9.09 Å². The quantitative estimate of drug-likeness (QED) is 0.836. The van der Waals surface area contributed by atoms with E-state index < -0.39 is 29.0 Å². The summed E-state index contributed by atoms with van der Waals surface area (Å²) in [5.74, 6) is -1.26. The van der Waals surface area contributed by atoms with Gasteiger partial charge in [0.2, 0.25) is 10.0 Å². The molecule has 1 heterocycles. The molecule has 0 aliphatic rings. The van der Waals surface area contributed by atoms with Gasteiger partial charge >= 0.3 is 5.97 Å². The molecule has 0 fully saturated rings. The van der Waals surface area contributed by atoms with Gasteiger partial charge in [-0.25, -0.2) is 26.7 Å². The summed E-state index contributed by atoms with van der Waals surface area (Å²) in [4.78, 5) is 10.3. The Balaban J connectivity index is 2.86. The van der Waals surface area contributed by atoms with Crippen molar-refractivity contribution in [2.24, 2.45) is 0 Å². The smallest absolute Gasteiger partial charge is 0.345 e. The molecular formula is C7H7F2NO4S2. The second-order valence-electron chi connectivity index (χ2n) is 2.67. The van der Waals surface area contributed by atoms with Crippen LogP contribution >= 0.6 is 11.3 Å². The maximum absolute atomic E-state index is 11.8. The molecule has 90 valence electrons. The van der Waals surface area contributed by atoms with Crippen molar-refractivity contribution in [1.82, 2.24) is 4.72 Å². The van der Waals surface area contributed by atoms with E-state index in [1.54, 1.807) is 4.72 Å². The summed E-state index contributed by atoms with van der Waals surface area (Å²) in [6.45, 7) is -0.997. The van der Waals surface area contributed by atoms with Crippen LogP contribution in [0.2, 0.25) is 0 Å². The SMILES string of the molecule is O=C(O)c1ccc(S(=O)(=O)NCC(F)F)s1. The first kappa shape index (κ1) is 13.0. The van der Waals surface area contributed by atoms with Gasteiger partial charge in [0.15, 0.2) is 0 Å². The molecule has 0 bridgehead atoms. The molecule has 5 nitrogen and oxygen atoms in total. The molecule has 0 saturated carbocycles. The summed E-state index contributed by atoms with van der Waals surface area (Å²) >= 11 is 0.505. The summed E-state index contributed by atoms with van der Waals surface area (Å²) in [7, 11) is -4.04. The van der Waals surface area contributed by atoms with Gasteiger partial charge in [0, 0.05) is 0 Å². The fraction of sp³-hybridized carbons (Fsp3) is 0.286. The molecule has 1 rings (SSSR count). The third-order valence-corrected chi connectivity index (χ3v) is 4.47. The first-order chi connectivity index (χ1) is 7.33. The van der Waals surface area contributed by atoms with Gasteiger partial charge < -0.3 is 5.11 Å². The van der Waals surface area contributed by atoms with Crippen LogP contribution in [0.5, 0.6) is 0 Å². The number of carboxylic acids is 1. The van der Waals surface area contributed by atoms with Crippen LogP contribution in [0.3, 0.4) is 0 Å². The minimum atomic E-state index is -4.04. The lowest BCUT2D eigenvalue weighted by molar-refractivity contribution is 0.0702. The number of rotatable bonds is 5. The first-order valence-electron chi connectivity index (χ1n) is 3.94. The van der Waals surface area contributed by atoms with Gasteiger partial charge in [0.05, 0.1) is 6.54 Å². The normalized spacial score (nSPS) is 11.9. The van der Waals surface area contributed by atoms with Gasteiger partial charge in [0.1, 0.15) is 9.09 Å². The van der Waals surface area contributed by atoms with E-state index in [0.717, 1.165) is 12.1 Å². The van der Waals surface area contributed by atoms with Crippen molar-refractivity contribution in [2.75, 3.05) is 6.54 Å². The average Bonchev–Trinajstić information content (AvgIpc) is 2.64. The lowest BCUT2D eigenvalue weighted by Gasteiger charge is -2.02. The van der Waals surface area contributed by atoms with Gasteiger partial charge in [-0.15, -0.1) is 11.3 Å². The van der Waals surface area contributed by atoms with Gasteiger partial charge in [-0.3, -0.25) is 0 Å². The molecule has 0 aliphatic heterocycles. The third kappa shape index (κ3) is 3.22. The topological polar surface area (TPSA) is 83.5 Å². The van der Waals surface area contributed by atoms with Gasteiger partial charge in [-0.05, 0) is 12.1 Å². The highest BCUT2D eigenvalue weighted by Gasteiger charge is 2.19. The maximum Gasteiger partial charge on any atom is 0.345 e. The van der Waals surface area contributed by atoms with Gasteiger partial charge in [-0.1, -0.05) is 0 Å². The highest BCUT2D eigenvalue weighted by molar-refractivity contribution is 7.91. The minimum Gasteiger partial charge on any atom is -0.477 e. The van der Waals surface area contributed by atoms with Crippen LogP contribution < -0.4 is 4.72 Å². The van der Waals surface area contributed by atoms with Crippen LogP contribution in [0, 0.1) is 0 Å². The molecule has 16 heavy (non-hydrogen) atoms. The van der Waals surface area contributed by atoms with Crippen molar-refractivity contribution in [2.45, 2.75) is 10.6 Å². The molecule has 0 spiro atoms. The van der Waals surface area contributed by atoms with E-state index in [0.29, 0.717) is 11.3 Å². The van der Waals surface area contributed by atoms with Crippen molar-refractivity contribution >= 4 is 27.3 Å². The number of nitrogens with one attached hydrogen (secondary N) is 1. The number of sulfonamides is 1. The maximum atomic E-state index is 11.8. The van der Waals surface area contributed by atoms with Crippen molar-refractivity contribution in [3.8, 4) is 0 Å². The number of halogens is 2. The number of hydrogen-bond acceptors (Lipinski definition) is 4. The van der Waals surface area contributed by atoms with Gasteiger partial charge in [-0.2, -0.15) is 0 Å². The number of thiophene rings is 1. The van der Waals surface area contributed by atoms with Crippen LogP contribution in [0.4, 0.5) is 8.78 Å². The predicted molar refractivity (Wildman–Crippen MR) is 52.5 cm³/mol. The molecule has 0 amide bonds. The summed E-state index contributed by atoms with van der Waals surface area (Å²) < 4.78 is 47.7. The zero-order chi connectivity index (χ0) is 12.3. The fourth-order valence-corrected chi connectivity index (χ4v) is 3.02. The molecule has 0 radical (unpaired) electrons. The monoisotopic (exact) mass is 271 g/mol. The van der Waals surface area contributed by atoms with Crippen LogP contribution in [-0.2, 0) is 10.0 Å². The number of carbonyl (C=O) groups is 1. The van der Waals surface area contributed by atoms with Crippen LogP contribution in [0.15, 0.2) is 16.3 Å². The van der Waals surface area contributed by atoms with E-state index in [9.17, 15) is 22.0 Å².